The van der Waals surface area contributed by atoms with Gasteiger partial charge in [-0.1, -0.05) is 23.4 Å². The van der Waals surface area contributed by atoms with Crippen molar-refractivity contribution >= 4 is 23.2 Å². The lowest BCUT2D eigenvalue weighted by molar-refractivity contribution is 0.102. The number of halogens is 2. The van der Waals surface area contributed by atoms with E-state index in [1.165, 1.54) is 12.1 Å². The van der Waals surface area contributed by atoms with Crippen LogP contribution in [0.2, 0.25) is 5.02 Å². The summed E-state index contributed by atoms with van der Waals surface area (Å²) in [7, 11) is 0. The molecule has 0 aliphatic heterocycles. The molecule has 0 aromatic heterocycles. The summed E-state index contributed by atoms with van der Waals surface area (Å²) in [6, 6.07) is 10.4. The van der Waals surface area contributed by atoms with Crippen molar-refractivity contribution in [2.75, 3.05) is 11.9 Å². The lowest BCUT2D eigenvalue weighted by Gasteiger charge is -2.06. The summed E-state index contributed by atoms with van der Waals surface area (Å²) >= 11 is 5.75. The van der Waals surface area contributed by atoms with Gasteiger partial charge in [-0.25, -0.2) is 4.39 Å². The number of hydrogen-bond acceptors (Lipinski definition) is 2. The van der Waals surface area contributed by atoms with Crippen LogP contribution in [0.5, 0.6) is 0 Å². The molecule has 2 aromatic carbocycles. The fraction of sp³-hybridized carbons (Fsp3) is 0.0625. The predicted molar refractivity (Wildman–Crippen MR) is 79.8 cm³/mol. The van der Waals surface area contributed by atoms with Crippen molar-refractivity contribution in [3.8, 4) is 11.8 Å². The van der Waals surface area contributed by atoms with Gasteiger partial charge in [0.2, 0.25) is 0 Å². The first-order chi connectivity index (χ1) is 10.1. The van der Waals surface area contributed by atoms with Gasteiger partial charge in [-0.2, -0.15) is 0 Å². The first-order valence-electron chi connectivity index (χ1n) is 6.06. The second-order valence-electron chi connectivity index (χ2n) is 4.12. The van der Waals surface area contributed by atoms with Gasteiger partial charge in [0, 0.05) is 16.3 Å². The molecule has 0 unspecified atom stereocenters. The van der Waals surface area contributed by atoms with E-state index in [2.05, 4.69) is 17.2 Å². The Morgan fingerprint density at radius 3 is 2.62 bits per heavy atom. The standard InChI is InChI=1S/C16H11ClFNO2/c17-12-5-8-15(18)14(10-12)16(21)19-13-6-3-11(4-7-13)2-1-9-20/h3-8,10,20H,9H2,(H,19,21). The molecule has 2 N–H and O–H groups in total. The number of rotatable bonds is 2. The third kappa shape index (κ3) is 4.06. The molecule has 0 spiro atoms. The number of aliphatic hydroxyl groups excluding tert-OH is 1. The maximum atomic E-state index is 13.6. The number of anilines is 1. The number of carbonyl (C=O) groups is 1. The summed E-state index contributed by atoms with van der Waals surface area (Å²) < 4.78 is 13.6. The summed E-state index contributed by atoms with van der Waals surface area (Å²) in [5.41, 5.74) is 1.09. The molecule has 1 amide bonds. The SMILES string of the molecule is O=C(Nc1ccc(C#CCO)cc1)c1cc(Cl)ccc1F. The maximum absolute atomic E-state index is 13.6. The molecule has 0 fully saturated rings. The lowest BCUT2D eigenvalue weighted by Crippen LogP contribution is -2.13. The molecule has 0 aliphatic rings. The Morgan fingerprint density at radius 1 is 1.24 bits per heavy atom. The highest BCUT2D eigenvalue weighted by Crippen LogP contribution is 2.17. The first-order valence-corrected chi connectivity index (χ1v) is 6.44. The van der Waals surface area contributed by atoms with Gasteiger partial charge in [-0.15, -0.1) is 0 Å². The van der Waals surface area contributed by atoms with E-state index >= 15 is 0 Å². The van der Waals surface area contributed by atoms with Gasteiger partial charge >= 0.3 is 0 Å². The van der Waals surface area contributed by atoms with Gasteiger partial charge < -0.3 is 10.4 Å². The van der Waals surface area contributed by atoms with Crippen LogP contribution in [-0.4, -0.2) is 17.6 Å². The number of amides is 1. The fourth-order valence-electron chi connectivity index (χ4n) is 1.65. The van der Waals surface area contributed by atoms with Crippen LogP contribution in [0, 0.1) is 17.7 Å². The largest absolute Gasteiger partial charge is 0.384 e. The molecule has 106 valence electrons. The van der Waals surface area contributed by atoms with Crippen molar-refractivity contribution in [1.29, 1.82) is 0 Å². The minimum absolute atomic E-state index is 0.119. The van der Waals surface area contributed by atoms with Gasteiger partial charge in [0.25, 0.3) is 5.91 Å². The number of benzene rings is 2. The Labute approximate surface area is 126 Å². The number of aliphatic hydroxyl groups is 1. The lowest BCUT2D eigenvalue weighted by atomic mass is 10.1. The molecule has 3 nitrogen and oxygen atoms in total. The molecular weight excluding hydrogens is 293 g/mol. The highest BCUT2D eigenvalue weighted by Gasteiger charge is 2.12. The average molecular weight is 304 g/mol. The van der Waals surface area contributed by atoms with E-state index in [-0.39, 0.29) is 17.2 Å². The molecule has 0 atom stereocenters. The number of carbonyl (C=O) groups excluding carboxylic acids is 1. The van der Waals surface area contributed by atoms with Crippen molar-refractivity contribution in [2.45, 2.75) is 0 Å². The van der Waals surface area contributed by atoms with Crippen LogP contribution in [0.15, 0.2) is 42.5 Å². The van der Waals surface area contributed by atoms with E-state index in [4.69, 9.17) is 16.7 Å². The van der Waals surface area contributed by atoms with E-state index < -0.39 is 11.7 Å². The zero-order chi connectivity index (χ0) is 15.2. The van der Waals surface area contributed by atoms with Crippen LogP contribution in [0.4, 0.5) is 10.1 Å². The third-order valence-electron chi connectivity index (χ3n) is 2.63. The Kier molecular flexibility index (Phi) is 4.94. The summed E-state index contributed by atoms with van der Waals surface area (Å²) in [6.07, 6.45) is 0. The summed E-state index contributed by atoms with van der Waals surface area (Å²) in [6.45, 7) is -0.216. The highest BCUT2D eigenvalue weighted by atomic mass is 35.5. The van der Waals surface area contributed by atoms with E-state index in [1.54, 1.807) is 24.3 Å². The minimum Gasteiger partial charge on any atom is -0.384 e. The normalized spacial score (nSPS) is 9.67. The van der Waals surface area contributed by atoms with Gasteiger partial charge in [0.15, 0.2) is 0 Å². The molecule has 2 rings (SSSR count). The Balaban J connectivity index is 2.14. The van der Waals surface area contributed by atoms with E-state index in [9.17, 15) is 9.18 Å². The third-order valence-corrected chi connectivity index (χ3v) is 2.86. The Hall–Kier alpha value is -2.35. The average Bonchev–Trinajstić information content (AvgIpc) is 2.49. The molecule has 0 heterocycles. The predicted octanol–water partition coefficient (Wildman–Crippen LogP) is 3.08. The van der Waals surface area contributed by atoms with Crippen LogP contribution >= 0.6 is 11.6 Å². The van der Waals surface area contributed by atoms with Crippen molar-refractivity contribution in [3.63, 3.8) is 0 Å². The van der Waals surface area contributed by atoms with Crippen LogP contribution < -0.4 is 5.32 Å². The summed E-state index contributed by atoms with van der Waals surface area (Å²) in [5.74, 6) is 4.04. The fourth-order valence-corrected chi connectivity index (χ4v) is 1.82. The molecule has 2 aromatic rings. The van der Waals surface area contributed by atoms with E-state index in [1.807, 2.05) is 0 Å². The molecule has 21 heavy (non-hydrogen) atoms. The summed E-state index contributed by atoms with van der Waals surface area (Å²) in [4.78, 5) is 12.0. The first kappa shape index (κ1) is 15.0. The van der Waals surface area contributed by atoms with Gasteiger partial charge in [-0.05, 0) is 42.5 Å². The van der Waals surface area contributed by atoms with Crippen LogP contribution in [0.1, 0.15) is 15.9 Å². The molecule has 0 bridgehead atoms. The molecule has 0 aliphatic carbocycles. The quantitative estimate of drug-likeness (QED) is 0.838. The maximum Gasteiger partial charge on any atom is 0.258 e. The van der Waals surface area contributed by atoms with Crippen molar-refractivity contribution in [2.24, 2.45) is 0 Å². The van der Waals surface area contributed by atoms with Crippen LogP contribution in [0.25, 0.3) is 0 Å². The zero-order valence-electron chi connectivity index (χ0n) is 10.9. The van der Waals surface area contributed by atoms with E-state index in [0.717, 1.165) is 6.07 Å². The van der Waals surface area contributed by atoms with Crippen LogP contribution in [0.3, 0.4) is 0 Å². The summed E-state index contributed by atoms with van der Waals surface area (Å²) in [5, 5.41) is 11.5. The molecular formula is C16H11ClFNO2. The molecule has 5 heteroatoms. The second kappa shape index (κ2) is 6.89. The van der Waals surface area contributed by atoms with Crippen LogP contribution in [-0.2, 0) is 0 Å². The monoisotopic (exact) mass is 303 g/mol. The minimum atomic E-state index is -0.637. The molecule has 0 saturated heterocycles. The zero-order valence-corrected chi connectivity index (χ0v) is 11.6. The van der Waals surface area contributed by atoms with Gasteiger partial charge in [0.1, 0.15) is 12.4 Å². The van der Waals surface area contributed by atoms with Gasteiger partial charge in [0.05, 0.1) is 5.56 Å². The second-order valence-corrected chi connectivity index (χ2v) is 4.55. The van der Waals surface area contributed by atoms with E-state index in [0.29, 0.717) is 11.3 Å². The number of hydrogen-bond donors (Lipinski definition) is 2. The highest BCUT2D eigenvalue weighted by molar-refractivity contribution is 6.31. The molecule has 0 saturated carbocycles. The molecule has 0 radical (unpaired) electrons. The van der Waals surface area contributed by atoms with Crippen molar-refractivity contribution < 1.29 is 14.3 Å². The topological polar surface area (TPSA) is 49.3 Å². The van der Waals surface area contributed by atoms with Crippen molar-refractivity contribution in [1.82, 2.24) is 0 Å². The van der Waals surface area contributed by atoms with Gasteiger partial charge in [-0.3, -0.25) is 4.79 Å². The Morgan fingerprint density at radius 2 is 1.95 bits per heavy atom. The number of nitrogens with one attached hydrogen (secondary N) is 1. The Bertz CT molecular complexity index is 717. The van der Waals surface area contributed by atoms with Crippen molar-refractivity contribution in [3.05, 3.63) is 64.4 Å². The smallest absolute Gasteiger partial charge is 0.258 e.